The van der Waals surface area contributed by atoms with Crippen LogP contribution in [-0.2, 0) is 12.7 Å². The predicted molar refractivity (Wildman–Crippen MR) is 128 cm³/mol. The van der Waals surface area contributed by atoms with Crippen LogP contribution in [0.15, 0.2) is 95.8 Å². The number of rotatable bonds is 6. The minimum atomic E-state index is -4.54. The first-order valence-electron chi connectivity index (χ1n) is 10.7. The maximum Gasteiger partial charge on any atom is 0.416 e. The normalized spacial score (nSPS) is 11.1. The van der Waals surface area contributed by atoms with Gasteiger partial charge in [0.05, 0.1) is 12.1 Å². The van der Waals surface area contributed by atoms with Crippen LogP contribution < -0.4 is 16.2 Å². The van der Waals surface area contributed by atoms with Gasteiger partial charge in [-0.1, -0.05) is 42.5 Å². The predicted octanol–water partition coefficient (Wildman–Crippen LogP) is 4.82. The summed E-state index contributed by atoms with van der Waals surface area (Å²) in [5.74, 6) is -1.26. The Morgan fingerprint density at radius 2 is 1.44 bits per heavy atom. The number of carbonyl (C=O) groups excluding carboxylic acids is 2. The van der Waals surface area contributed by atoms with Gasteiger partial charge in [-0.05, 0) is 48.0 Å². The van der Waals surface area contributed by atoms with Gasteiger partial charge in [0.25, 0.3) is 17.4 Å². The van der Waals surface area contributed by atoms with E-state index in [9.17, 15) is 27.6 Å². The molecular formula is C26H19F3N4O3. The number of hydrogen-bond acceptors (Lipinski definition) is 4. The zero-order valence-corrected chi connectivity index (χ0v) is 18.6. The van der Waals surface area contributed by atoms with Crippen LogP contribution in [-0.4, -0.2) is 21.6 Å². The van der Waals surface area contributed by atoms with Crippen LogP contribution in [0.4, 0.5) is 24.5 Å². The zero-order valence-electron chi connectivity index (χ0n) is 18.6. The largest absolute Gasteiger partial charge is 0.416 e. The van der Waals surface area contributed by atoms with E-state index in [2.05, 4.69) is 15.7 Å². The highest BCUT2D eigenvalue weighted by Crippen LogP contribution is 2.30. The molecule has 0 atom stereocenters. The number of aromatic nitrogens is 2. The van der Waals surface area contributed by atoms with Crippen molar-refractivity contribution in [2.75, 3.05) is 10.6 Å². The molecule has 3 aromatic carbocycles. The number of alkyl halides is 3. The minimum absolute atomic E-state index is 0.00986. The molecule has 182 valence electrons. The Labute approximate surface area is 203 Å². The van der Waals surface area contributed by atoms with E-state index in [4.69, 9.17) is 0 Å². The molecule has 0 spiro atoms. The molecule has 0 fully saturated rings. The van der Waals surface area contributed by atoms with Crippen molar-refractivity contribution < 1.29 is 22.8 Å². The summed E-state index contributed by atoms with van der Waals surface area (Å²) in [6, 6.07) is 21.9. The molecular weight excluding hydrogens is 473 g/mol. The second-order valence-corrected chi connectivity index (χ2v) is 7.77. The van der Waals surface area contributed by atoms with Crippen molar-refractivity contribution in [2.24, 2.45) is 0 Å². The average Bonchev–Trinajstić information content (AvgIpc) is 2.86. The standard InChI is InChI=1S/C26H19F3N4O3/c27-26(28,29)19-9-5-11-21(15-19)30-24(35)18-8-4-10-20(14-18)31-25(36)22-12-13-23(34)33(32-22)16-17-6-2-1-3-7-17/h1-15H,16H2,(H,30,35)(H,31,36). The second kappa shape index (κ2) is 10.3. The summed E-state index contributed by atoms with van der Waals surface area (Å²) < 4.78 is 39.9. The van der Waals surface area contributed by atoms with Crippen LogP contribution in [0.1, 0.15) is 32.0 Å². The fourth-order valence-corrected chi connectivity index (χ4v) is 3.35. The molecule has 1 heterocycles. The molecule has 10 heteroatoms. The number of benzene rings is 3. The van der Waals surface area contributed by atoms with E-state index >= 15 is 0 Å². The smallest absolute Gasteiger partial charge is 0.322 e. The molecule has 2 N–H and O–H groups in total. The minimum Gasteiger partial charge on any atom is -0.322 e. The van der Waals surface area contributed by atoms with E-state index in [0.717, 1.165) is 17.7 Å². The topological polar surface area (TPSA) is 93.1 Å². The Morgan fingerprint density at radius 1 is 0.778 bits per heavy atom. The van der Waals surface area contributed by atoms with Crippen molar-refractivity contribution >= 4 is 23.2 Å². The molecule has 4 aromatic rings. The molecule has 0 unspecified atom stereocenters. The highest BCUT2D eigenvalue weighted by atomic mass is 19.4. The molecule has 0 saturated heterocycles. The van der Waals surface area contributed by atoms with E-state index in [1.165, 1.54) is 47.1 Å². The Hall–Kier alpha value is -4.73. The lowest BCUT2D eigenvalue weighted by Crippen LogP contribution is -2.26. The molecule has 36 heavy (non-hydrogen) atoms. The monoisotopic (exact) mass is 492 g/mol. The van der Waals surface area contributed by atoms with Gasteiger partial charge >= 0.3 is 6.18 Å². The lowest BCUT2D eigenvalue weighted by atomic mass is 10.1. The average molecular weight is 492 g/mol. The van der Waals surface area contributed by atoms with Crippen molar-refractivity contribution in [1.29, 1.82) is 0 Å². The molecule has 7 nitrogen and oxygen atoms in total. The summed E-state index contributed by atoms with van der Waals surface area (Å²) in [6.45, 7) is 0.186. The maximum absolute atomic E-state index is 12.9. The fraction of sp³-hybridized carbons (Fsp3) is 0.0769. The summed E-state index contributed by atoms with van der Waals surface area (Å²) in [5, 5.41) is 9.16. The third-order valence-corrected chi connectivity index (χ3v) is 5.10. The number of carbonyl (C=O) groups is 2. The van der Waals surface area contributed by atoms with Gasteiger partial charge in [-0.2, -0.15) is 18.3 Å². The van der Waals surface area contributed by atoms with Gasteiger partial charge < -0.3 is 10.6 Å². The van der Waals surface area contributed by atoms with E-state index in [0.29, 0.717) is 0 Å². The van der Waals surface area contributed by atoms with Crippen LogP contribution in [0, 0.1) is 0 Å². The molecule has 2 amide bonds. The SMILES string of the molecule is O=C(Nc1cccc(C(F)(F)F)c1)c1cccc(NC(=O)c2ccc(=O)n(Cc3ccccc3)n2)c1. The Balaban J connectivity index is 1.47. The number of nitrogens with zero attached hydrogens (tertiary/aromatic N) is 2. The molecule has 0 aliphatic heterocycles. The van der Waals surface area contributed by atoms with Crippen molar-refractivity contribution in [2.45, 2.75) is 12.7 Å². The quantitative estimate of drug-likeness (QED) is 0.404. The van der Waals surface area contributed by atoms with Gasteiger partial charge in [-0.3, -0.25) is 14.4 Å². The van der Waals surface area contributed by atoms with E-state index < -0.39 is 23.6 Å². The van der Waals surface area contributed by atoms with Crippen molar-refractivity contribution in [1.82, 2.24) is 9.78 Å². The highest BCUT2D eigenvalue weighted by molar-refractivity contribution is 6.06. The van der Waals surface area contributed by atoms with E-state index in [1.807, 2.05) is 30.3 Å². The van der Waals surface area contributed by atoms with Gasteiger partial charge in [0.1, 0.15) is 5.69 Å². The third kappa shape index (κ3) is 6.03. The molecule has 0 radical (unpaired) electrons. The van der Waals surface area contributed by atoms with E-state index in [1.54, 1.807) is 6.07 Å². The molecule has 1 aromatic heterocycles. The van der Waals surface area contributed by atoms with Gasteiger partial charge in [0, 0.05) is 23.0 Å². The Kier molecular flexibility index (Phi) is 6.95. The van der Waals surface area contributed by atoms with Crippen LogP contribution in [0.3, 0.4) is 0 Å². The van der Waals surface area contributed by atoms with Crippen LogP contribution in [0.5, 0.6) is 0 Å². The summed E-state index contributed by atoms with van der Waals surface area (Å²) in [4.78, 5) is 37.5. The first-order valence-corrected chi connectivity index (χ1v) is 10.7. The van der Waals surface area contributed by atoms with Gasteiger partial charge in [0.15, 0.2) is 0 Å². The first kappa shape index (κ1) is 24.4. The van der Waals surface area contributed by atoms with Gasteiger partial charge in [-0.25, -0.2) is 4.68 Å². The van der Waals surface area contributed by atoms with Crippen LogP contribution in [0.2, 0.25) is 0 Å². The molecule has 4 rings (SSSR count). The number of anilines is 2. The summed E-state index contributed by atoms with van der Waals surface area (Å²) in [7, 11) is 0. The zero-order chi connectivity index (χ0) is 25.7. The Bertz CT molecular complexity index is 1470. The van der Waals surface area contributed by atoms with E-state index in [-0.39, 0.29) is 34.7 Å². The fourth-order valence-electron chi connectivity index (χ4n) is 3.35. The second-order valence-electron chi connectivity index (χ2n) is 7.77. The van der Waals surface area contributed by atoms with Crippen molar-refractivity contribution in [3.63, 3.8) is 0 Å². The lowest BCUT2D eigenvalue weighted by molar-refractivity contribution is -0.137. The van der Waals surface area contributed by atoms with Crippen LogP contribution in [0.25, 0.3) is 0 Å². The first-order chi connectivity index (χ1) is 17.2. The van der Waals surface area contributed by atoms with Crippen molar-refractivity contribution in [3.05, 3.63) is 124 Å². The number of halogens is 3. The lowest BCUT2D eigenvalue weighted by Gasteiger charge is -2.11. The maximum atomic E-state index is 12.9. The number of nitrogens with one attached hydrogen (secondary N) is 2. The molecule has 0 bridgehead atoms. The Morgan fingerprint density at radius 3 is 2.17 bits per heavy atom. The number of amides is 2. The van der Waals surface area contributed by atoms with Crippen LogP contribution >= 0.6 is 0 Å². The van der Waals surface area contributed by atoms with Gasteiger partial charge in [0.2, 0.25) is 0 Å². The molecule has 0 aliphatic carbocycles. The third-order valence-electron chi connectivity index (χ3n) is 5.10. The summed E-state index contributed by atoms with van der Waals surface area (Å²) in [5.41, 5.74) is -0.0692. The molecule has 0 aliphatic rings. The number of hydrogen-bond donors (Lipinski definition) is 2. The van der Waals surface area contributed by atoms with Gasteiger partial charge in [-0.15, -0.1) is 0 Å². The summed E-state index contributed by atoms with van der Waals surface area (Å²) in [6.07, 6.45) is -4.54. The van der Waals surface area contributed by atoms with Crippen molar-refractivity contribution in [3.8, 4) is 0 Å². The highest BCUT2D eigenvalue weighted by Gasteiger charge is 2.30. The summed E-state index contributed by atoms with van der Waals surface area (Å²) >= 11 is 0. The molecule has 0 saturated carbocycles.